The molecule has 126 valence electrons. The van der Waals surface area contributed by atoms with E-state index in [9.17, 15) is 9.59 Å². The number of carbonyl (C=O) groups is 2. The molecule has 1 aromatic heterocycles. The molecule has 2 atom stereocenters. The van der Waals surface area contributed by atoms with Gasteiger partial charge in [-0.25, -0.2) is 4.98 Å². The first kappa shape index (κ1) is 16.4. The van der Waals surface area contributed by atoms with Gasteiger partial charge in [-0.05, 0) is 25.7 Å². The van der Waals surface area contributed by atoms with Crippen LogP contribution in [0, 0.1) is 11.8 Å². The molecule has 1 aromatic rings. The molecule has 1 aliphatic heterocycles. The Morgan fingerprint density at radius 1 is 1.30 bits per heavy atom. The van der Waals surface area contributed by atoms with Gasteiger partial charge < -0.3 is 10.2 Å². The molecule has 0 radical (unpaired) electrons. The molecule has 2 aliphatic rings. The van der Waals surface area contributed by atoms with Crippen LogP contribution >= 0.6 is 11.3 Å². The minimum absolute atomic E-state index is 0.0376. The Bertz CT molecular complexity index is 540. The van der Waals surface area contributed by atoms with Crippen LogP contribution in [0.25, 0.3) is 0 Å². The number of hydrogen-bond acceptors (Lipinski definition) is 4. The van der Waals surface area contributed by atoms with Crippen LogP contribution in [0.2, 0.25) is 0 Å². The second-order valence-corrected chi connectivity index (χ2v) is 7.64. The smallest absolute Gasteiger partial charge is 0.225 e. The topological polar surface area (TPSA) is 62.3 Å². The average Bonchev–Trinajstić information content (AvgIpc) is 3.25. The predicted octanol–water partition coefficient (Wildman–Crippen LogP) is 2.75. The number of aromatic nitrogens is 1. The fourth-order valence-electron chi connectivity index (χ4n) is 3.90. The maximum absolute atomic E-state index is 12.7. The largest absolute Gasteiger partial charge is 0.347 e. The quantitative estimate of drug-likeness (QED) is 0.920. The molecule has 0 aromatic carbocycles. The van der Waals surface area contributed by atoms with Crippen molar-refractivity contribution in [1.29, 1.82) is 0 Å². The third kappa shape index (κ3) is 3.91. The monoisotopic (exact) mass is 335 g/mol. The van der Waals surface area contributed by atoms with Gasteiger partial charge in [0.2, 0.25) is 11.8 Å². The second kappa shape index (κ2) is 7.43. The van der Waals surface area contributed by atoms with Crippen molar-refractivity contribution in [3.63, 3.8) is 0 Å². The number of nitrogens with zero attached hydrogens (tertiary/aromatic N) is 2. The van der Waals surface area contributed by atoms with E-state index in [-0.39, 0.29) is 23.8 Å². The van der Waals surface area contributed by atoms with Crippen molar-refractivity contribution in [2.75, 3.05) is 13.1 Å². The van der Waals surface area contributed by atoms with Gasteiger partial charge in [0.25, 0.3) is 0 Å². The highest BCUT2D eigenvalue weighted by atomic mass is 32.1. The number of piperidine rings is 1. The van der Waals surface area contributed by atoms with Crippen molar-refractivity contribution in [2.45, 2.75) is 51.5 Å². The maximum atomic E-state index is 12.7. The van der Waals surface area contributed by atoms with Gasteiger partial charge in [0, 0.05) is 43.4 Å². The Hall–Kier alpha value is -1.43. The molecule has 0 unspecified atom stereocenters. The zero-order chi connectivity index (χ0) is 16.2. The summed E-state index contributed by atoms with van der Waals surface area (Å²) in [5.41, 5.74) is 0. The minimum atomic E-state index is -0.0771. The molecule has 0 bridgehead atoms. The summed E-state index contributed by atoms with van der Waals surface area (Å²) in [6, 6.07) is -0.0771. The molecule has 0 spiro atoms. The first-order chi connectivity index (χ1) is 11.1. The van der Waals surface area contributed by atoms with Crippen LogP contribution in [0.4, 0.5) is 0 Å². The summed E-state index contributed by atoms with van der Waals surface area (Å²) in [4.78, 5) is 30.7. The highest BCUT2D eigenvalue weighted by Crippen LogP contribution is 2.33. The molecule has 2 amide bonds. The summed E-state index contributed by atoms with van der Waals surface area (Å²) in [5.74, 6) is 0.773. The lowest BCUT2D eigenvalue weighted by molar-refractivity contribution is -0.137. The Morgan fingerprint density at radius 2 is 2.09 bits per heavy atom. The number of carbonyl (C=O) groups excluding carboxylic acids is 2. The summed E-state index contributed by atoms with van der Waals surface area (Å²) < 4.78 is 0. The number of amides is 2. The van der Waals surface area contributed by atoms with Gasteiger partial charge in [-0.3, -0.25) is 9.59 Å². The minimum Gasteiger partial charge on any atom is -0.347 e. The Labute approximate surface area is 141 Å². The van der Waals surface area contributed by atoms with Gasteiger partial charge >= 0.3 is 0 Å². The lowest BCUT2D eigenvalue weighted by Gasteiger charge is -2.37. The van der Waals surface area contributed by atoms with Gasteiger partial charge in [0.05, 0.1) is 6.04 Å². The van der Waals surface area contributed by atoms with Crippen LogP contribution in [-0.2, 0) is 9.59 Å². The van der Waals surface area contributed by atoms with Gasteiger partial charge in [0.1, 0.15) is 5.01 Å². The summed E-state index contributed by atoms with van der Waals surface area (Å²) >= 11 is 1.57. The van der Waals surface area contributed by atoms with Crippen LogP contribution in [0.1, 0.15) is 56.5 Å². The highest BCUT2D eigenvalue weighted by molar-refractivity contribution is 7.09. The molecule has 1 saturated heterocycles. The Morgan fingerprint density at radius 3 is 2.74 bits per heavy atom. The van der Waals surface area contributed by atoms with Crippen molar-refractivity contribution in [2.24, 2.45) is 11.8 Å². The zero-order valence-corrected chi connectivity index (χ0v) is 14.5. The lowest BCUT2D eigenvalue weighted by Crippen LogP contribution is -2.46. The van der Waals surface area contributed by atoms with E-state index >= 15 is 0 Å². The Kier molecular flexibility index (Phi) is 5.30. The SMILES string of the molecule is CC(=O)N[C@@H](c1nccs1)[C@@H]1CCCN(C(=O)C2CCCC2)C1. The average molecular weight is 335 g/mol. The zero-order valence-electron chi connectivity index (χ0n) is 13.7. The molecule has 23 heavy (non-hydrogen) atoms. The van der Waals surface area contributed by atoms with Crippen molar-refractivity contribution in [1.82, 2.24) is 15.2 Å². The number of rotatable bonds is 4. The molecule has 3 rings (SSSR count). The number of nitrogens with one attached hydrogen (secondary N) is 1. The van der Waals surface area contributed by atoms with Gasteiger partial charge in [-0.2, -0.15) is 0 Å². The van der Waals surface area contributed by atoms with Crippen molar-refractivity contribution in [3.8, 4) is 0 Å². The molecule has 1 N–H and O–H groups in total. The van der Waals surface area contributed by atoms with Crippen LogP contribution in [0.5, 0.6) is 0 Å². The van der Waals surface area contributed by atoms with Crippen LogP contribution in [0.15, 0.2) is 11.6 Å². The molecule has 2 fully saturated rings. The molecular weight excluding hydrogens is 310 g/mol. The molecule has 6 heteroatoms. The second-order valence-electron chi connectivity index (χ2n) is 6.72. The molecular formula is C17H25N3O2S. The third-order valence-electron chi connectivity index (χ3n) is 5.02. The van der Waals surface area contributed by atoms with Crippen molar-refractivity contribution in [3.05, 3.63) is 16.6 Å². The van der Waals surface area contributed by atoms with Crippen LogP contribution < -0.4 is 5.32 Å². The van der Waals surface area contributed by atoms with Gasteiger partial charge in [-0.15, -0.1) is 11.3 Å². The van der Waals surface area contributed by atoms with E-state index in [0.29, 0.717) is 5.91 Å². The van der Waals surface area contributed by atoms with E-state index in [1.54, 1.807) is 24.5 Å². The van der Waals surface area contributed by atoms with E-state index in [1.165, 1.54) is 12.8 Å². The first-order valence-electron chi connectivity index (χ1n) is 8.60. The summed E-state index contributed by atoms with van der Waals surface area (Å²) in [7, 11) is 0. The molecule has 5 nitrogen and oxygen atoms in total. The summed E-state index contributed by atoms with van der Waals surface area (Å²) in [6.07, 6.45) is 8.26. The fourth-order valence-corrected chi connectivity index (χ4v) is 4.68. The molecule has 1 aliphatic carbocycles. The lowest BCUT2D eigenvalue weighted by atomic mass is 9.89. The van der Waals surface area contributed by atoms with E-state index in [1.807, 2.05) is 10.3 Å². The van der Waals surface area contributed by atoms with E-state index in [0.717, 1.165) is 43.8 Å². The number of likely N-dealkylation sites (tertiary alicyclic amines) is 1. The maximum Gasteiger partial charge on any atom is 0.225 e. The van der Waals surface area contributed by atoms with Crippen LogP contribution in [-0.4, -0.2) is 34.8 Å². The number of thiazole rings is 1. The van der Waals surface area contributed by atoms with Gasteiger partial charge in [0.15, 0.2) is 0 Å². The third-order valence-corrected chi connectivity index (χ3v) is 5.88. The summed E-state index contributed by atoms with van der Waals surface area (Å²) in [6.45, 7) is 3.14. The highest BCUT2D eigenvalue weighted by Gasteiger charge is 2.35. The Balaban J connectivity index is 1.70. The van der Waals surface area contributed by atoms with Gasteiger partial charge in [-0.1, -0.05) is 12.8 Å². The first-order valence-corrected chi connectivity index (χ1v) is 9.48. The standard InChI is InChI=1S/C17H25N3O2S/c1-12(21)19-15(16-18-8-10-23-16)14-7-4-9-20(11-14)17(22)13-5-2-3-6-13/h8,10,13-15H,2-7,9,11H2,1H3,(H,19,21)/t14-,15-/m1/s1. The van der Waals surface area contributed by atoms with Crippen molar-refractivity contribution < 1.29 is 9.59 Å². The van der Waals surface area contributed by atoms with E-state index in [4.69, 9.17) is 0 Å². The van der Waals surface area contributed by atoms with E-state index in [2.05, 4.69) is 10.3 Å². The number of hydrogen-bond donors (Lipinski definition) is 1. The summed E-state index contributed by atoms with van der Waals surface area (Å²) in [5, 5.41) is 5.94. The fraction of sp³-hybridized carbons (Fsp3) is 0.706. The predicted molar refractivity (Wildman–Crippen MR) is 89.9 cm³/mol. The molecule has 1 saturated carbocycles. The van der Waals surface area contributed by atoms with Crippen molar-refractivity contribution >= 4 is 23.2 Å². The molecule has 2 heterocycles. The normalized spacial score (nSPS) is 23.7. The van der Waals surface area contributed by atoms with Crippen LogP contribution in [0.3, 0.4) is 0 Å². The van der Waals surface area contributed by atoms with E-state index < -0.39 is 0 Å².